The summed E-state index contributed by atoms with van der Waals surface area (Å²) in [7, 11) is 1.56. The first-order valence-electron chi connectivity index (χ1n) is 4.31. The molecule has 2 N–H and O–H groups in total. The molecular formula is C10H11N3O2. The van der Waals surface area contributed by atoms with Crippen molar-refractivity contribution in [2.45, 2.75) is 6.54 Å². The number of urea groups is 1. The number of isocyanates is 1. The molecule has 5 heteroatoms. The molecule has 0 aliphatic heterocycles. The van der Waals surface area contributed by atoms with Gasteiger partial charge in [-0.2, -0.15) is 0 Å². The van der Waals surface area contributed by atoms with E-state index < -0.39 is 6.03 Å². The van der Waals surface area contributed by atoms with E-state index in [-0.39, 0.29) is 6.54 Å². The Morgan fingerprint density at radius 1 is 1.53 bits per heavy atom. The number of para-hydroxylation sites is 1. The van der Waals surface area contributed by atoms with Gasteiger partial charge in [0, 0.05) is 7.05 Å². The summed E-state index contributed by atoms with van der Waals surface area (Å²) in [6, 6.07) is 6.53. The van der Waals surface area contributed by atoms with Crippen molar-refractivity contribution in [1.82, 2.24) is 0 Å². The molecule has 0 radical (unpaired) electrons. The van der Waals surface area contributed by atoms with Crippen molar-refractivity contribution in [2.75, 3.05) is 11.9 Å². The van der Waals surface area contributed by atoms with Crippen molar-refractivity contribution in [1.29, 1.82) is 0 Å². The lowest BCUT2D eigenvalue weighted by molar-refractivity contribution is 0.255. The predicted molar refractivity (Wildman–Crippen MR) is 56.3 cm³/mol. The number of amides is 2. The Balaban J connectivity index is 3.05. The maximum Gasteiger partial charge on any atom is 0.319 e. The molecule has 1 aromatic rings. The molecule has 0 saturated carbocycles. The minimum atomic E-state index is -0.558. The van der Waals surface area contributed by atoms with Crippen LogP contribution >= 0.6 is 0 Å². The first-order valence-corrected chi connectivity index (χ1v) is 4.31. The molecule has 0 aliphatic rings. The summed E-state index contributed by atoms with van der Waals surface area (Å²) in [6.45, 7) is 0.192. The highest BCUT2D eigenvalue weighted by Gasteiger charge is 2.09. The molecule has 1 rings (SSSR count). The van der Waals surface area contributed by atoms with Gasteiger partial charge in [0.05, 0.1) is 12.2 Å². The Bertz CT molecular complexity index is 411. The zero-order valence-electron chi connectivity index (χ0n) is 8.30. The fraction of sp³-hybridized carbons (Fsp3) is 0.200. The number of primary amides is 1. The third kappa shape index (κ3) is 2.65. The van der Waals surface area contributed by atoms with Gasteiger partial charge in [0.1, 0.15) is 0 Å². The number of aliphatic imine (C=N–C) groups is 1. The number of carbonyl (C=O) groups excluding carboxylic acids is 2. The maximum absolute atomic E-state index is 11.0. The van der Waals surface area contributed by atoms with Crippen LogP contribution in [-0.2, 0) is 11.3 Å². The van der Waals surface area contributed by atoms with E-state index in [9.17, 15) is 9.59 Å². The number of anilines is 1. The molecule has 2 amide bonds. The van der Waals surface area contributed by atoms with Gasteiger partial charge < -0.3 is 5.73 Å². The zero-order valence-corrected chi connectivity index (χ0v) is 8.30. The van der Waals surface area contributed by atoms with Gasteiger partial charge in [0.15, 0.2) is 0 Å². The summed E-state index contributed by atoms with van der Waals surface area (Å²) >= 11 is 0. The lowest BCUT2D eigenvalue weighted by Crippen LogP contribution is -2.32. The fourth-order valence-corrected chi connectivity index (χ4v) is 1.21. The van der Waals surface area contributed by atoms with Gasteiger partial charge in [-0.3, -0.25) is 4.90 Å². The number of benzene rings is 1. The van der Waals surface area contributed by atoms with Gasteiger partial charge in [-0.05, 0) is 11.6 Å². The second kappa shape index (κ2) is 4.93. The summed E-state index contributed by atoms with van der Waals surface area (Å²) in [5, 5.41) is 0. The Hall–Kier alpha value is -2.13. The van der Waals surface area contributed by atoms with Gasteiger partial charge in [-0.25, -0.2) is 14.6 Å². The van der Waals surface area contributed by atoms with Crippen LogP contribution in [0.25, 0.3) is 0 Å². The number of carbonyl (C=O) groups is 1. The molecule has 5 nitrogen and oxygen atoms in total. The van der Waals surface area contributed by atoms with E-state index in [1.807, 2.05) is 0 Å². The first-order chi connectivity index (χ1) is 7.16. The number of rotatable bonds is 3. The Morgan fingerprint density at radius 2 is 2.20 bits per heavy atom. The van der Waals surface area contributed by atoms with Gasteiger partial charge in [0.2, 0.25) is 6.08 Å². The molecule has 0 spiro atoms. The lowest BCUT2D eigenvalue weighted by Gasteiger charge is -2.17. The molecule has 0 bridgehead atoms. The van der Waals surface area contributed by atoms with E-state index in [2.05, 4.69) is 4.99 Å². The SMILES string of the molecule is CN(C(N)=O)c1ccccc1CN=C=O. The largest absolute Gasteiger partial charge is 0.351 e. The van der Waals surface area contributed by atoms with Gasteiger partial charge in [0.25, 0.3) is 0 Å². The van der Waals surface area contributed by atoms with Crippen molar-refractivity contribution in [2.24, 2.45) is 10.7 Å². The molecule has 78 valence electrons. The van der Waals surface area contributed by atoms with Crippen LogP contribution in [0.3, 0.4) is 0 Å². The highest BCUT2D eigenvalue weighted by Crippen LogP contribution is 2.19. The van der Waals surface area contributed by atoms with Gasteiger partial charge in [-0.1, -0.05) is 18.2 Å². The number of nitrogens with zero attached hydrogens (tertiary/aromatic N) is 2. The highest BCUT2D eigenvalue weighted by atomic mass is 16.2. The van der Waals surface area contributed by atoms with Crippen molar-refractivity contribution in [3.05, 3.63) is 29.8 Å². The Labute approximate surface area is 87.2 Å². The first kappa shape index (κ1) is 10.9. The second-order valence-corrected chi connectivity index (χ2v) is 2.93. The monoisotopic (exact) mass is 205 g/mol. The smallest absolute Gasteiger partial charge is 0.319 e. The van der Waals surface area contributed by atoms with E-state index in [0.29, 0.717) is 5.69 Å². The van der Waals surface area contributed by atoms with Crippen LogP contribution in [0, 0.1) is 0 Å². The standard InChI is InChI=1S/C10H11N3O2/c1-13(10(11)15)9-5-3-2-4-8(9)6-12-7-14/h2-5H,6H2,1H3,(H2,11,15). The topological polar surface area (TPSA) is 75.8 Å². The molecule has 15 heavy (non-hydrogen) atoms. The third-order valence-electron chi connectivity index (χ3n) is 2.00. The zero-order chi connectivity index (χ0) is 11.3. The minimum absolute atomic E-state index is 0.192. The van der Waals surface area contributed by atoms with Crippen LogP contribution in [0.15, 0.2) is 29.3 Å². The predicted octanol–water partition coefficient (Wildman–Crippen LogP) is 1.04. The van der Waals surface area contributed by atoms with Crippen LogP contribution in [0.5, 0.6) is 0 Å². The van der Waals surface area contributed by atoms with Crippen molar-refractivity contribution >= 4 is 17.8 Å². The molecular weight excluding hydrogens is 194 g/mol. The summed E-state index contributed by atoms with van der Waals surface area (Å²) in [6.07, 6.45) is 1.45. The van der Waals surface area contributed by atoms with Crippen molar-refractivity contribution in [3.63, 3.8) is 0 Å². The molecule has 0 saturated heterocycles. The average Bonchev–Trinajstić information content (AvgIpc) is 2.25. The van der Waals surface area contributed by atoms with E-state index >= 15 is 0 Å². The van der Waals surface area contributed by atoms with Crippen LogP contribution < -0.4 is 10.6 Å². The summed E-state index contributed by atoms with van der Waals surface area (Å²) in [5.41, 5.74) is 6.54. The van der Waals surface area contributed by atoms with Gasteiger partial charge in [-0.15, -0.1) is 0 Å². The molecule has 0 aromatic heterocycles. The molecule has 0 atom stereocenters. The van der Waals surface area contributed by atoms with E-state index in [1.165, 1.54) is 11.0 Å². The average molecular weight is 205 g/mol. The van der Waals surface area contributed by atoms with E-state index in [4.69, 9.17) is 5.73 Å². The summed E-state index contributed by atoms with van der Waals surface area (Å²) in [4.78, 5) is 25.7. The van der Waals surface area contributed by atoms with Crippen LogP contribution in [0.4, 0.5) is 10.5 Å². The summed E-state index contributed by atoms with van der Waals surface area (Å²) < 4.78 is 0. The van der Waals surface area contributed by atoms with Crippen LogP contribution in [0.1, 0.15) is 5.56 Å². The Morgan fingerprint density at radius 3 is 2.80 bits per heavy atom. The normalized spacial score (nSPS) is 9.13. The van der Waals surface area contributed by atoms with E-state index in [0.717, 1.165) is 5.56 Å². The third-order valence-corrected chi connectivity index (χ3v) is 2.00. The molecule has 0 unspecified atom stereocenters. The fourth-order valence-electron chi connectivity index (χ4n) is 1.21. The quantitative estimate of drug-likeness (QED) is 0.591. The van der Waals surface area contributed by atoms with E-state index in [1.54, 1.807) is 31.3 Å². The molecule has 0 fully saturated rings. The molecule has 1 aromatic carbocycles. The molecule has 0 aliphatic carbocycles. The number of hydrogen-bond donors (Lipinski definition) is 1. The van der Waals surface area contributed by atoms with Crippen LogP contribution in [0.2, 0.25) is 0 Å². The van der Waals surface area contributed by atoms with Gasteiger partial charge >= 0.3 is 6.03 Å². The second-order valence-electron chi connectivity index (χ2n) is 2.93. The Kier molecular flexibility index (Phi) is 3.60. The minimum Gasteiger partial charge on any atom is -0.351 e. The van der Waals surface area contributed by atoms with Crippen molar-refractivity contribution < 1.29 is 9.59 Å². The maximum atomic E-state index is 11.0. The highest BCUT2D eigenvalue weighted by molar-refractivity contribution is 5.90. The number of hydrogen-bond acceptors (Lipinski definition) is 3. The number of nitrogens with two attached hydrogens (primary N) is 1. The van der Waals surface area contributed by atoms with Crippen molar-refractivity contribution in [3.8, 4) is 0 Å². The molecule has 0 heterocycles. The van der Waals surface area contributed by atoms with Crippen LogP contribution in [-0.4, -0.2) is 19.2 Å². The lowest BCUT2D eigenvalue weighted by atomic mass is 10.1. The summed E-state index contributed by atoms with van der Waals surface area (Å²) in [5.74, 6) is 0.